The Morgan fingerprint density at radius 2 is 1.53 bits per heavy atom. The lowest BCUT2D eigenvalue weighted by atomic mass is 9.96. The van der Waals surface area contributed by atoms with Gasteiger partial charge in [-0.2, -0.15) is 0 Å². The molecule has 0 fully saturated rings. The molecule has 2 N–H and O–H groups in total. The van der Waals surface area contributed by atoms with Crippen LogP contribution < -0.4 is 5.32 Å². The number of nitrogens with one attached hydrogen (secondary N) is 1. The van der Waals surface area contributed by atoms with Crippen LogP contribution in [0, 0.1) is 20.8 Å². The van der Waals surface area contributed by atoms with Crippen molar-refractivity contribution in [2.75, 3.05) is 11.9 Å². The Balaban J connectivity index is 2.27. The van der Waals surface area contributed by atoms with Crippen LogP contribution in [0.1, 0.15) is 28.3 Å². The summed E-state index contributed by atoms with van der Waals surface area (Å²) in [4.78, 5) is 0. The summed E-state index contributed by atoms with van der Waals surface area (Å²) in [6, 6.07) is 14.4. The van der Waals surface area contributed by atoms with E-state index < -0.39 is 0 Å². The van der Waals surface area contributed by atoms with Crippen LogP contribution in [0.3, 0.4) is 0 Å². The molecule has 0 saturated carbocycles. The molecule has 0 spiro atoms. The Kier molecular flexibility index (Phi) is 4.23. The molecule has 0 bridgehead atoms. The average molecular weight is 255 g/mol. The molecule has 2 nitrogen and oxygen atoms in total. The van der Waals surface area contributed by atoms with Crippen molar-refractivity contribution in [3.05, 3.63) is 64.7 Å². The van der Waals surface area contributed by atoms with Crippen LogP contribution in [0.5, 0.6) is 0 Å². The van der Waals surface area contributed by atoms with Crippen molar-refractivity contribution < 1.29 is 5.11 Å². The number of hydrogen-bond acceptors (Lipinski definition) is 2. The molecule has 0 saturated heterocycles. The first-order valence-corrected chi connectivity index (χ1v) is 6.62. The van der Waals surface area contributed by atoms with Gasteiger partial charge in [0.25, 0.3) is 0 Å². The average Bonchev–Trinajstić information content (AvgIpc) is 2.39. The Morgan fingerprint density at radius 1 is 0.947 bits per heavy atom. The van der Waals surface area contributed by atoms with Crippen LogP contribution in [0.25, 0.3) is 0 Å². The Labute approximate surface area is 115 Å². The van der Waals surface area contributed by atoms with Gasteiger partial charge in [0.1, 0.15) is 0 Å². The Hall–Kier alpha value is -1.80. The van der Waals surface area contributed by atoms with E-state index in [1.807, 2.05) is 12.1 Å². The van der Waals surface area contributed by atoms with Crippen molar-refractivity contribution in [3.8, 4) is 0 Å². The fourth-order valence-corrected chi connectivity index (χ4v) is 2.44. The smallest absolute Gasteiger partial charge is 0.0750 e. The summed E-state index contributed by atoms with van der Waals surface area (Å²) in [6.45, 7) is 6.32. The molecule has 0 aromatic heterocycles. The summed E-state index contributed by atoms with van der Waals surface area (Å²) >= 11 is 0. The minimum Gasteiger partial charge on any atom is -0.394 e. The fraction of sp³-hybridized carbons (Fsp3) is 0.294. The highest BCUT2D eigenvalue weighted by atomic mass is 16.3. The van der Waals surface area contributed by atoms with Gasteiger partial charge in [0.2, 0.25) is 0 Å². The van der Waals surface area contributed by atoms with E-state index in [2.05, 4.69) is 56.4 Å². The molecule has 0 aliphatic heterocycles. The van der Waals surface area contributed by atoms with Gasteiger partial charge < -0.3 is 10.4 Å². The van der Waals surface area contributed by atoms with Crippen LogP contribution >= 0.6 is 0 Å². The lowest BCUT2D eigenvalue weighted by molar-refractivity contribution is 0.275. The highest BCUT2D eigenvalue weighted by molar-refractivity contribution is 5.49. The second kappa shape index (κ2) is 5.89. The first-order valence-electron chi connectivity index (χ1n) is 6.62. The quantitative estimate of drug-likeness (QED) is 0.872. The summed E-state index contributed by atoms with van der Waals surface area (Å²) in [5, 5.41) is 13.1. The number of aliphatic hydroxyl groups excluding tert-OH is 1. The molecule has 0 heterocycles. The third-order valence-corrected chi connectivity index (χ3v) is 3.47. The normalized spacial score (nSPS) is 12.2. The van der Waals surface area contributed by atoms with E-state index in [-0.39, 0.29) is 12.6 Å². The van der Waals surface area contributed by atoms with E-state index in [1.54, 1.807) is 0 Å². The zero-order valence-corrected chi connectivity index (χ0v) is 11.8. The molecule has 2 heteroatoms. The molecule has 19 heavy (non-hydrogen) atoms. The fourth-order valence-electron chi connectivity index (χ4n) is 2.44. The van der Waals surface area contributed by atoms with Gasteiger partial charge in [-0.25, -0.2) is 0 Å². The molecular weight excluding hydrogens is 234 g/mol. The lowest BCUT2D eigenvalue weighted by Crippen LogP contribution is -2.17. The van der Waals surface area contributed by atoms with Gasteiger partial charge in [0, 0.05) is 5.69 Å². The molecule has 1 unspecified atom stereocenters. The summed E-state index contributed by atoms with van der Waals surface area (Å²) < 4.78 is 0. The van der Waals surface area contributed by atoms with Gasteiger partial charge >= 0.3 is 0 Å². The van der Waals surface area contributed by atoms with Crippen LogP contribution in [-0.4, -0.2) is 11.7 Å². The Morgan fingerprint density at radius 3 is 2.05 bits per heavy atom. The molecular formula is C17H21NO. The predicted octanol–water partition coefficient (Wildman–Crippen LogP) is 3.76. The molecule has 0 radical (unpaired) electrons. The summed E-state index contributed by atoms with van der Waals surface area (Å²) in [7, 11) is 0. The molecule has 1 atom stereocenters. The molecule has 0 aliphatic rings. The van der Waals surface area contributed by atoms with E-state index in [0.29, 0.717) is 0 Å². The standard InChI is InChI=1S/C17H21NO/c1-12-7-9-15(10-8-12)18-16(11-19)17-13(2)5-4-6-14(17)3/h4-10,16,18-19H,11H2,1-3H3. The third kappa shape index (κ3) is 3.15. The second-order valence-electron chi connectivity index (χ2n) is 5.05. The Bertz CT molecular complexity index is 525. The number of rotatable bonds is 4. The SMILES string of the molecule is Cc1ccc(NC(CO)c2c(C)cccc2C)cc1. The van der Waals surface area contributed by atoms with Crippen molar-refractivity contribution in [3.63, 3.8) is 0 Å². The minimum absolute atomic E-state index is 0.0658. The first-order chi connectivity index (χ1) is 9.11. The van der Waals surface area contributed by atoms with Crippen LogP contribution in [0.4, 0.5) is 5.69 Å². The van der Waals surface area contributed by atoms with Crippen molar-refractivity contribution in [1.82, 2.24) is 0 Å². The van der Waals surface area contributed by atoms with Gasteiger partial charge in [0.15, 0.2) is 0 Å². The molecule has 2 aromatic carbocycles. The maximum absolute atomic E-state index is 9.68. The van der Waals surface area contributed by atoms with Crippen LogP contribution in [-0.2, 0) is 0 Å². The predicted molar refractivity (Wildman–Crippen MR) is 80.5 cm³/mol. The van der Waals surface area contributed by atoms with Gasteiger partial charge in [-0.15, -0.1) is 0 Å². The first kappa shape index (κ1) is 13.6. The number of hydrogen-bond donors (Lipinski definition) is 2. The topological polar surface area (TPSA) is 32.3 Å². The van der Waals surface area contributed by atoms with E-state index in [1.165, 1.54) is 22.3 Å². The monoisotopic (exact) mass is 255 g/mol. The zero-order chi connectivity index (χ0) is 13.8. The van der Waals surface area contributed by atoms with E-state index in [0.717, 1.165) is 5.69 Å². The summed E-state index contributed by atoms with van der Waals surface area (Å²) in [5.41, 5.74) is 5.87. The number of benzene rings is 2. The van der Waals surface area contributed by atoms with Gasteiger partial charge in [-0.05, 0) is 49.6 Å². The third-order valence-electron chi connectivity index (χ3n) is 3.47. The van der Waals surface area contributed by atoms with Gasteiger partial charge in [-0.3, -0.25) is 0 Å². The highest BCUT2D eigenvalue weighted by Crippen LogP contribution is 2.25. The van der Waals surface area contributed by atoms with E-state index in [4.69, 9.17) is 0 Å². The number of aryl methyl sites for hydroxylation is 3. The largest absolute Gasteiger partial charge is 0.394 e. The molecule has 2 aromatic rings. The van der Waals surface area contributed by atoms with Crippen LogP contribution in [0.15, 0.2) is 42.5 Å². The zero-order valence-electron chi connectivity index (χ0n) is 11.8. The van der Waals surface area contributed by atoms with Crippen molar-refractivity contribution in [2.24, 2.45) is 0 Å². The maximum Gasteiger partial charge on any atom is 0.0750 e. The van der Waals surface area contributed by atoms with Crippen molar-refractivity contribution in [1.29, 1.82) is 0 Å². The van der Waals surface area contributed by atoms with Gasteiger partial charge in [0.05, 0.1) is 12.6 Å². The van der Waals surface area contributed by atoms with E-state index in [9.17, 15) is 5.11 Å². The highest BCUT2D eigenvalue weighted by Gasteiger charge is 2.14. The van der Waals surface area contributed by atoms with Gasteiger partial charge in [-0.1, -0.05) is 35.9 Å². The van der Waals surface area contributed by atoms with E-state index >= 15 is 0 Å². The van der Waals surface area contributed by atoms with Crippen molar-refractivity contribution in [2.45, 2.75) is 26.8 Å². The summed E-state index contributed by atoms with van der Waals surface area (Å²) in [5.74, 6) is 0. The van der Waals surface area contributed by atoms with Crippen LogP contribution in [0.2, 0.25) is 0 Å². The lowest BCUT2D eigenvalue weighted by Gasteiger charge is -2.22. The molecule has 0 amide bonds. The number of anilines is 1. The molecule has 2 rings (SSSR count). The maximum atomic E-state index is 9.68. The molecule has 100 valence electrons. The summed E-state index contributed by atoms with van der Waals surface area (Å²) in [6.07, 6.45) is 0. The number of aliphatic hydroxyl groups is 1. The second-order valence-corrected chi connectivity index (χ2v) is 5.05. The van der Waals surface area contributed by atoms with Crippen molar-refractivity contribution >= 4 is 5.69 Å². The molecule has 0 aliphatic carbocycles. The minimum atomic E-state index is -0.0658.